The normalized spacial score (nSPS) is 28.6. The van der Waals surface area contributed by atoms with Crippen molar-refractivity contribution in [3.63, 3.8) is 0 Å². The van der Waals surface area contributed by atoms with Crippen molar-refractivity contribution in [3.8, 4) is 0 Å². The smallest absolute Gasteiger partial charge is 0.0526 e. The van der Waals surface area contributed by atoms with Crippen molar-refractivity contribution in [2.24, 2.45) is 5.29 Å². The van der Waals surface area contributed by atoms with Crippen molar-refractivity contribution in [3.05, 3.63) is 4.91 Å². The van der Waals surface area contributed by atoms with Crippen LogP contribution in [-0.2, 0) is 0 Å². The maximum atomic E-state index is 9.89. The molecule has 0 radical (unpaired) electrons. The minimum Gasteiger partial charge on any atom is -0.258 e. The van der Waals surface area contributed by atoms with Crippen LogP contribution >= 0.6 is 0 Å². The van der Waals surface area contributed by atoms with Crippen LogP contribution in [0.1, 0.15) is 19.8 Å². The van der Waals surface area contributed by atoms with Gasteiger partial charge in [-0.25, -0.2) is 0 Å². The molecule has 1 rings (SSSR count). The second kappa shape index (κ2) is 2.11. The molecule has 46 valence electrons. The Kier molecular flexibility index (Phi) is 1.46. The first kappa shape index (κ1) is 5.54. The Bertz CT molecular complexity index is 94.4. The van der Waals surface area contributed by atoms with Crippen LogP contribution in [0.4, 0.5) is 0 Å². The molecule has 1 heterocycles. The zero-order chi connectivity index (χ0) is 5.98. The summed E-state index contributed by atoms with van der Waals surface area (Å²) in [6.45, 7) is 2.87. The number of nitrogens with zero attached hydrogens (tertiary/aromatic N) is 2. The van der Waals surface area contributed by atoms with Crippen LogP contribution in [0.5, 0.6) is 0 Å². The summed E-state index contributed by atoms with van der Waals surface area (Å²) in [5.74, 6) is 0. The minimum atomic E-state index is 0.382. The van der Waals surface area contributed by atoms with Gasteiger partial charge in [0.2, 0.25) is 0 Å². The fraction of sp³-hybridized carbons (Fsp3) is 1.00. The zero-order valence-corrected chi connectivity index (χ0v) is 5.00. The molecule has 3 nitrogen and oxygen atoms in total. The Morgan fingerprint density at radius 3 is 2.75 bits per heavy atom. The predicted octanol–water partition coefficient (Wildman–Crippen LogP) is 1.15. The van der Waals surface area contributed by atoms with Crippen LogP contribution < -0.4 is 0 Å². The Morgan fingerprint density at radius 1 is 1.75 bits per heavy atom. The van der Waals surface area contributed by atoms with E-state index in [1.54, 1.807) is 5.01 Å². The Hall–Kier alpha value is -0.600. The molecule has 1 fully saturated rings. The third-order valence-electron chi connectivity index (χ3n) is 1.62. The molecule has 0 aromatic heterocycles. The van der Waals surface area contributed by atoms with Crippen molar-refractivity contribution in [2.75, 3.05) is 6.54 Å². The second-order valence-electron chi connectivity index (χ2n) is 2.24. The van der Waals surface area contributed by atoms with E-state index < -0.39 is 0 Å². The molecule has 1 aliphatic rings. The van der Waals surface area contributed by atoms with Crippen LogP contribution in [0.25, 0.3) is 0 Å². The highest BCUT2D eigenvalue weighted by Gasteiger charge is 2.18. The van der Waals surface area contributed by atoms with E-state index in [-0.39, 0.29) is 0 Å². The van der Waals surface area contributed by atoms with Crippen molar-refractivity contribution in [1.82, 2.24) is 5.01 Å². The molecule has 0 N–H and O–H groups in total. The second-order valence-corrected chi connectivity index (χ2v) is 2.24. The van der Waals surface area contributed by atoms with Gasteiger partial charge in [-0.1, -0.05) is 0 Å². The van der Waals surface area contributed by atoms with Gasteiger partial charge in [-0.15, -0.1) is 4.91 Å². The maximum absolute atomic E-state index is 9.89. The quantitative estimate of drug-likeness (QED) is 0.479. The Balaban J connectivity index is 2.41. The van der Waals surface area contributed by atoms with Gasteiger partial charge in [0, 0.05) is 12.6 Å². The van der Waals surface area contributed by atoms with Gasteiger partial charge in [0.25, 0.3) is 0 Å². The van der Waals surface area contributed by atoms with E-state index in [2.05, 4.69) is 5.29 Å². The molecule has 0 spiro atoms. The summed E-state index contributed by atoms with van der Waals surface area (Å²) < 4.78 is 0. The number of hydrogen-bond donors (Lipinski definition) is 0. The van der Waals surface area contributed by atoms with Crippen molar-refractivity contribution in [1.29, 1.82) is 0 Å². The van der Waals surface area contributed by atoms with E-state index in [4.69, 9.17) is 0 Å². The molecular weight excluding hydrogens is 104 g/mol. The van der Waals surface area contributed by atoms with E-state index in [9.17, 15) is 4.91 Å². The monoisotopic (exact) mass is 114 g/mol. The molecule has 0 bridgehead atoms. The first-order chi connectivity index (χ1) is 3.84. The van der Waals surface area contributed by atoms with Gasteiger partial charge in [0.1, 0.15) is 0 Å². The summed E-state index contributed by atoms with van der Waals surface area (Å²) in [6, 6.07) is 0.382. The van der Waals surface area contributed by atoms with Crippen LogP contribution in [0.15, 0.2) is 5.29 Å². The van der Waals surface area contributed by atoms with E-state index >= 15 is 0 Å². The van der Waals surface area contributed by atoms with E-state index in [0.717, 1.165) is 19.4 Å². The van der Waals surface area contributed by atoms with Crippen LogP contribution in [0.2, 0.25) is 0 Å². The van der Waals surface area contributed by atoms with Gasteiger partial charge < -0.3 is 0 Å². The lowest BCUT2D eigenvalue weighted by Gasteiger charge is -2.10. The Morgan fingerprint density at radius 2 is 2.50 bits per heavy atom. The maximum Gasteiger partial charge on any atom is 0.0526 e. The van der Waals surface area contributed by atoms with Crippen LogP contribution in [0.3, 0.4) is 0 Å². The molecule has 0 saturated carbocycles. The number of hydrogen-bond acceptors (Lipinski definition) is 2. The summed E-state index contributed by atoms with van der Waals surface area (Å²) in [6.07, 6.45) is 2.23. The molecule has 0 aromatic rings. The van der Waals surface area contributed by atoms with Crippen molar-refractivity contribution in [2.45, 2.75) is 25.8 Å². The lowest BCUT2D eigenvalue weighted by molar-refractivity contribution is 0.279. The Labute approximate surface area is 48.6 Å². The fourth-order valence-corrected chi connectivity index (χ4v) is 1.04. The molecule has 0 amide bonds. The van der Waals surface area contributed by atoms with Gasteiger partial charge in [0.05, 0.1) is 5.29 Å². The molecule has 1 aliphatic heterocycles. The van der Waals surface area contributed by atoms with Crippen LogP contribution in [-0.4, -0.2) is 17.6 Å². The molecule has 8 heavy (non-hydrogen) atoms. The molecule has 0 unspecified atom stereocenters. The first-order valence-corrected chi connectivity index (χ1v) is 2.94. The predicted molar refractivity (Wildman–Crippen MR) is 31.2 cm³/mol. The fourth-order valence-electron chi connectivity index (χ4n) is 1.04. The van der Waals surface area contributed by atoms with E-state index in [0.29, 0.717) is 6.04 Å². The third kappa shape index (κ3) is 0.804. The topological polar surface area (TPSA) is 32.7 Å². The molecule has 0 aliphatic carbocycles. The highest BCUT2D eigenvalue weighted by atomic mass is 16.3. The van der Waals surface area contributed by atoms with Gasteiger partial charge in [-0.3, -0.25) is 5.01 Å². The van der Waals surface area contributed by atoms with E-state index in [1.165, 1.54) is 0 Å². The summed E-state index contributed by atoms with van der Waals surface area (Å²) in [4.78, 5) is 9.89. The summed E-state index contributed by atoms with van der Waals surface area (Å²) in [7, 11) is 0. The van der Waals surface area contributed by atoms with E-state index in [1.807, 2.05) is 6.92 Å². The lowest BCUT2D eigenvalue weighted by Crippen LogP contribution is -2.19. The third-order valence-corrected chi connectivity index (χ3v) is 1.62. The standard InChI is InChI=1S/C5H10N2O/c1-5-3-2-4-7(5)6-8/h5H,2-4H2,1H3/t5-/m0/s1. The zero-order valence-electron chi connectivity index (χ0n) is 5.00. The summed E-state index contributed by atoms with van der Waals surface area (Å²) >= 11 is 0. The number of nitroso groups, excluding NO2 is 1. The first-order valence-electron chi connectivity index (χ1n) is 2.94. The molecule has 1 atom stereocenters. The van der Waals surface area contributed by atoms with Crippen molar-refractivity contribution < 1.29 is 0 Å². The van der Waals surface area contributed by atoms with Gasteiger partial charge >= 0.3 is 0 Å². The average molecular weight is 114 g/mol. The van der Waals surface area contributed by atoms with Gasteiger partial charge in [0.15, 0.2) is 0 Å². The number of rotatable bonds is 1. The van der Waals surface area contributed by atoms with Gasteiger partial charge in [-0.2, -0.15) is 0 Å². The molecular formula is C5H10N2O. The molecule has 3 heteroatoms. The summed E-state index contributed by atoms with van der Waals surface area (Å²) in [5, 5.41) is 4.45. The minimum absolute atomic E-state index is 0.382. The summed E-state index contributed by atoms with van der Waals surface area (Å²) in [5.41, 5.74) is 0. The highest BCUT2D eigenvalue weighted by molar-refractivity contribution is 4.70. The SMILES string of the molecule is C[C@H]1CCCN1N=O. The van der Waals surface area contributed by atoms with Gasteiger partial charge in [-0.05, 0) is 19.8 Å². The molecule has 1 saturated heterocycles. The largest absolute Gasteiger partial charge is 0.258 e. The highest BCUT2D eigenvalue weighted by Crippen LogP contribution is 2.15. The molecule has 0 aromatic carbocycles. The lowest BCUT2D eigenvalue weighted by atomic mass is 10.3. The van der Waals surface area contributed by atoms with Crippen molar-refractivity contribution >= 4 is 0 Å². The van der Waals surface area contributed by atoms with Crippen LogP contribution in [0, 0.1) is 4.91 Å². The average Bonchev–Trinajstić information content (AvgIpc) is 2.14.